The van der Waals surface area contributed by atoms with Crippen LogP contribution >= 0.6 is 10.7 Å². The van der Waals surface area contributed by atoms with E-state index in [4.69, 9.17) is 16.2 Å². The second kappa shape index (κ2) is 6.11. The Bertz CT molecular complexity index is 258. The van der Waals surface area contributed by atoms with Crippen molar-refractivity contribution in [2.75, 3.05) is 12.3 Å². The highest BCUT2D eigenvalue weighted by Gasteiger charge is 2.02. The molecular formula is C5H10ClN3O2S. The van der Waals surface area contributed by atoms with Crippen LogP contribution < -0.4 is 0 Å². The Hall–Kier alpha value is -0.450. The fourth-order valence-corrected chi connectivity index (χ4v) is 1.55. The van der Waals surface area contributed by atoms with E-state index >= 15 is 0 Å². The molecule has 0 saturated carbocycles. The van der Waals surface area contributed by atoms with Gasteiger partial charge in [-0.1, -0.05) is 11.5 Å². The van der Waals surface area contributed by atoms with Crippen LogP contribution in [0.15, 0.2) is 5.11 Å². The first-order chi connectivity index (χ1) is 5.56. The Morgan fingerprint density at radius 3 is 2.50 bits per heavy atom. The van der Waals surface area contributed by atoms with Crippen LogP contribution in [0.25, 0.3) is 10.4 Å². The fraction of sp³-hybridized carbons (Fsp3) is 1.00. The van der Waals surface area contributed by atoms with Crippen molar-refractivity contribution in [2.45, 2.75) is 19.3 Å². The number of hydrogen-bond acceptors (Lipinski definition) is 3. The molecule has 5 nitrogen and oxygen atoms in total. The molecule has 0 fully saturated rings. The molecule has 0 N–H and O–H groups in total. The van der Waals surface area contributed by atoms with Gasteiger partial charge in [0.05, 0.1) is 5.75 Å². The van der Waals surface area contributed by atoms with Gasteiger partial charge in [0, 0.05) is 22.1 Å². The number of azide groups is 1. The predicted octanol–water partition coefficient (Wildman–Crippen LogP) is 2.04. The van der Waals surface area contributed by atoms with Crippen molar-refractivity contribution in [3.63, 3.8) is 0 Å². The van der Waals surface area contributed by atoms with Gasteiger partial charge < -0.3 is 0 Å². The first-order valence-electron chi connectivity index (χ1n) is 3.49. The molecule has 0 bridgehead atoms. The van der Waals surface area contributed by atoms with E-state index in [1.807, 2.05) is 0 Å². The number of hydrogen-bond donors (Lipinski definition) is 0. The summed E-state index contributed by atoms with van der Waals surface area (Å²) in [6.45, 7) is 0.416. The van der Waals surface area contributed by atoms with Crippen molar-refractivity contribution in [2.24, 2.45) is 5.11 Å². The van der Waals surface area contributed by atoms with Gasteiger partial charge in [-0.05, 0) is 18.4 Å². The summed E-state index contributed by atoms with van der Waals surface area (Å²) >= 11 is 0. The fourth-order valence-electron chi connectivity index (χ4n) is 0.678. The maximum absolute atomic E-state index is 10.4. The van der Waals surface area contributed by atoms with Crippen molar-refractivity contribution in [1.29, 1.82) is 0 Å². The molecule has 0 spiro atoms. The Morgan fingerprint density at radius 2 is 2.00 bits per heavy atom. The zero-order valence-corrected chi connectivity index (χ0v) is 8.05. The number of unbranched alkanes of at least 4 members (excludes halogenated alkanes) is 2. The van der Waals surface area contributed by atoms with Gasteiger partial charge in [0.2, 0.25) is 9.05 Å². The van der Waals surface area contributed by atoms with Crippen LogP contribution in [0, 0.1) is 0 Å². The molecule has 12 heavy (non-hydrogen) atoms. The molecule has 0 saturated heterocycles. The number of halogens is 1. The van der Waals surface area contributed by atoms with Crippen LogP contribution in [0.3, 0.4) is 0 Å². The minimum Gasteiger partial charge on any atom is -0.212 e. The summed E-state index contributed by atoms with van der Waals surface area (Å²) in [5.74, 6) is -0.00910. The van der Waals surface area contributed by atoms with Gasteiger partial charge in [-0.3, -0.25) is 0 Å². The highest BCUT2D eigenvalue weighted by atomic mass is 35.7. The highest BCUT2D eigenvalue weighted by molar-refractivity contribution is 8.13. The van der Waals surface area contributed by atoms with Crippen molar-refractivity contribution in [1.82, 2.24) is 0 Å². The molecule has 0 aromatic heterocycles. The smallest absolute Gasteiger partial charge is 0.212 e. The minimum atomic E-state index is -3.35. The maximum Gasteiger partial charge on any atom is 0.232 e. The number of nitrogens with zero attached hydrogens (tertiary/aromatic N) is 3. The summed E-state index contributed by atoms with van der Waals surface area (Å²) in [5.41, 5.74) is 7.89. The summed E-state index contributed by atoms with van der Waals surface area (Å²) in [7, 11) is 1.62. The summed E-state index contributed by atoms with van der Waals surface area (Å²) in [4.78, 5) is 2.56. The normalized spacial score (nSPS) is 10.8. The molecule has 0 heterocycles. The molecule has 0 aromatic carbocycles. The molecule has 0 atom stereocenters. The van der Waals surface area contributed by atoms with Gasteiger partial charge in [0.25, 0.3) is 0 Å². The van der Waals surface area contributed by atoms with Crippen molar-refractivity contribution < 1.29 is 8.42 Å². The summed E-state index contributed by atoms with van der Waals surface area (Å²) < 4.78 is 20.8. The first kappa shape index (κ1) is 11.6. The third kappa shape index (κ3) is 9.55. The third-order valence-electron chi connectivity index (χ3n) is 1.21. The summed E-state index contributed by atoms with van der Waals surface area (Å²) in [6, 6.07) is 0. The SMILES string of the molecule is [N-]=[N+]=NCCCCCS(=O)(=O)Cl. The Labute approximate surface area is 75.8 Å². The third-order valence-corrected chi connectivity index (χ3v) is 2.45. The molecule has 7 heteroatoms. The van der Waals surface area contributed by atoms with Crippen molar-refractivity contribution >= 4 is 19.7 Å². The Kier molecular flexibility index (Phi) is 5.88. The van der Waals surface area contributed by atoms with Gasteiger partial charge in [-0.25, -0.2) is 8.42 Å². The van der Waals surface area contributed by atoms with Crippen molar-refractivity contribution in [3.8, 4) is 0 Å². The van der Waals surface area contributed by atoms with E-state index in [1.54, 1.807) is 0 Å². The first-order valence-corrected chi connectivity index (χ1v) is 5.97. The average Bonchev–Trinajstić information content (AvgIpc) is 1.94. The lowest BCUT2D eigenvalue weighted by Crippen LogP contribution is -1.96. The Morgan fingerprint density at radius 1 is 1.33 bits per heavy atom. The zero-order chi connectivity index (χ0) is 9.45. The quantitative estimate of drug-likeness (QED) is 0.221. The van der Waals surface area contributed by atoms with Gasteiger partial charge in [-0.2, -0.15) is 0 Å². The summed E-state index contributed by atoms with van der Waals surface area (Å²) in [5, 5.41) is 3.30. The van der Waals surface area contributed by atoms with E-state index in [2.05, 4.69) is 10.0 Å². The van der Waals surface area contributed by atoms with Crippen molar-refractivity contribution in [3.05, 3.63) is 10.4 Å². The second-order valence-electron chi connectivity index (χ2n) is 2.26. The van der Waals surface area contributed by atoms with E-state index < -0.39 is 9.05 Å². The molecule has 0 unspecified atom stereocenters. The van der Waals surface area contributed by atoms with Crippen LogP contribution in [0.4, 0.5) is 0 Å². The van der Waals surface area contributed by atoms with E-state index in [-0.39, 0.29) is 5.75 Å². The summed E-state index contributed by atoms with van der Waals surface area (Å²) in [6.07, 6.45) is 1.94. The molecule has 0 rings (SSSR count). The van der Waals surface area contributed by atoms with Gasteiger partial charge in [0.1, 0.15) is 0 Å². The largest absolute Gasteiger partial charge is 0.232 e. The van der Waals surface area contributed by atoms with E-state index in [9.17, 15) is 8.42 Å². The van der Waals surface area contributed by atoms with Crippen LogP contribution in [0.5, 0.6) is 0 Å². The van der Waals surface area contributed by atoms with E-state index in [1.165, 1.54) is 0 Å². The van der Waals surface area contributed by atoms with Crippen LogP contribution in [0.2, 0.25) is 0 Å². The van der Waals surface area contributed by atoms with Gasteiger partial charge in [0.15, 0.2) is 0 Å². The van der Waals surface area contributed by atoms with E-state index in [0.717, 1.165) is 0 Å². The molecule has 0 aliphatic heterocycles. The van der Waals surface area contributed by atoms with Crippen LogP contribution in [-0.4, -0.2) is 20.7 Å². The molecule has 0 radical (unpaired) electrons. The minimum absolute atomic E-state index is 0.00910. The molecular weight excluding hydrogens is 202 g/mol. The maximum atomic E-state index is 10.4. The van der Waals surface area contributed by atoms with Crippen LogP contribution in [-0.2, 0) is 9.05 Å². The predicted molar refractivity (Wildman–Crippen MR) is 47.5 cm³/mol. The number of rotatable bonds is 6. The molecule has 0 amide bonds. The Balaban J connectivity index is 3.28. The average molecular weight is 212 g/mol. The molecule has 0 aliphatic rings. The zero-order valence-electron chi connectivity index (χ0n) is 6.48. The topological polar surface area (TPSA) is 82.9 Å². The lowest BCUT2D eigenvalue weighted by Gasteiger charge is -1.94. The van der Waals surface area contributed by atoms with E-state index in [0.29, 0.717) is 25.8 Å². The monoisotopic (exact) mass is 211 g/mol. The van der Waals surface area contributed by atoms with Gasteiger partial charge >= 0.3 is 0 Å². The highest BCUT2D eigenvalue weighted by Crippen LogP contribution is 2.03. The van der Waals surface area contributed by atoms with Gasteiger partial charge in [-0.15, -0.1) is 0 Å². The van der Waals surface area contributed by atoms with Crippen LogP contribution in [0.1, 0.15) is 19.3 Å². The molecule has 70 valence electrons. The lowest BCUT2D eigenvalue weighted by atomic mass is 10.2. The molecule has 0 aliphatic carbocycles. The lowest BCUT2D eigenvalue weighted by molar-refractivity contribution is 0.603. The standard InChI is InChI=1S/C5H10ClN3O2S/c6-12(10,11)5-3-1-2-4-8-9-7/h1-5H2. The molecule has 0 aromatic rings. The second-order valence-corrected chi connectivity index (χ2v) is 5.15.